The van der Waals surface area contributed by atoms with Crippen molar-refractivity contribution in [3.05, 3.63) is 29.1 Å². The molecule has 1 saturated heterocycles. The maximum Gasteiger partial charge on any atom is 0.111 e. The molecule has 1 aliphatic heterocycles. The molecule has 1 aromatic heterocycles. The van der Waals surface area contributed by atoms with Crippen molar-refractivity contribution in [1.82, 2.24) is 14.9 Å². The molecule has 1 aliphatic rings. The van der Waals surface area contributed by atoms with Gasteiger partial charge in [0.2, 0.25) is 0 Å². The number of hydrogen-bond donors (Lipinski definition) is 1. The van der Waals surface area contributed by atoms with Gasteiger partial charge in [-0.2, -0.15) is 0 Å². The van der Waals surface area contributed by atoms with Gasteiger partial charge in [-0.05, 0) is 56.5 Å². The molecule has 1 aromatic carbocycles. The lowest BCUT2D eigenvalue weighted by molar-refractivity contribution is 0.334. The van der Waals surface area contributed by atoms with Crippen molar-refractivity contribution < 1.29 is 0 Å². The molecule has 0 aliphatic carbocycles. The molecule has 0 bridgehead atoms. The van der Waals surface area contributed by atoms with Crippen LogP contribution in [0.15, 0.2) is 12.1 Å². The Kier molecular flexibility index (Phi) is 3.79. The van der Waals surface area contributed by atoms with Gasteiger partial charge in [-0.15, -0.1) is 0 Å². The Morgan fingerprint density at radius 2 is 2.20 bits per heavy atom. The fourth-order valence-corrected chi connectivity index (χ4v) is 3.42. The second kappa shape index (κ2) is 5.57. The number of hydrogen-bond acceptors (Lipinski definition) is 2. The van der Waals surface area contributed by atoms with Gasteiger partial charge in [-0.3, -0.25) is 0 Å². The first-order valence-electron chi connectivity index (χ1n) is 7.93. The molecule has 1 atom stereocenters. The highest BCUT2D eigenvalue weighted by Crippen LogP contribution is 2.28. The Hall–Kier alpha value is -1.35. The van der Waals surface area contributed by atoms with E-state index in [1.165, 1.54) is 53.9 Å². The smallest absolute Gasteiger partial charge is 0.111 e. The van der Waals surface area contributed by atoms with Crippen LogP contribution in [0.5, 0.6) is 0 Å². The Morgan fingerprint density at radius 1 is 1.35 bits per heavy atom. The van der Waals surface area contributed by atoms with Gasteiger partial charge in [0.1, 0.15) is 5.82 Å². The van der Waals surface area contributed by atoms with Crippen LogP contribution in [-0.4, -0.2) is 34.5 Å². The maximum absolute atomic E-state index is 4.92. The van der Waals surface area contributed by atoms with Crippen LogP contribution in [-0.2, 0) is 6.42 Å². The number of H-pyrrole nitrogens is 1. The predicted molar refractivity (Wildman–Crippen MR) is 84.3 cm³/mol. The SMILES string of the molecule is CCCN1CCC(c2nc3c(C)c(CC)ccc3[nH]2)C1. The fourth-order valence-electron chi connectivity index (χ4n) is 3.42. The van der Waals surface area contributed by atoms with Crippen LogP contribution in [0.2, 0.25) is 0 Å². The van der Waals surface area contributed by atoms with E-state index < -0.39 is 0 Å². The Balaban J connectivity index is 1.88. The summed E-state index contributed by atoms with van der Waals surface area (Å²) in [6, 6.07) is 4.42. The molecule has 0 radical (unpaired) electrons. The normalized spacial score (nSPS) is 20.1. The Morgan fingerprint density at radius 3 is 2.95 bits per heavy atom. The van der Waals surface area contributed by atoms with Crippen LogP contribution < -0.4 is 0 Å². The summed E-state index contributed by atoms with van der Waals surface area (Å²) in [4.78, 5) is 11.0. The summed E-state index contributed by atoms with van der Waals surface area (Å²) in [7, 11) is 0. The fraction of sp³-hybridized carbons (Fsp3) is 0.588. The van der Waals surface area contributed by atoms with Crippen molar-refractivity contribution in [3.63, 3.8) is 0 Å². The molecule has 0 spiro atoms. The van der Waals surface area contributed by atoms with E-state index in [1.807, 2.05) is 0 Å². The number of aromatic amines is 1. The minimum Gasteiger partial charge on any atom is -0.342 e. The lowest BCUT2D eigenvalue weighted by atomic mass is 10.1. The van der Waals surface area contributed by atoms with Gasteiger partial charge < -0.3 is 9.88 Å². The van der Waals surface area contributed by atoms with Gasteiger partial charge in [-0.1, -0.05) is 19.9 Å². The van der Waals surface area contributed by atoms with Crippen LogP contribution >= 0.6 is 0 Å². The number of rotatable bonds is 4. The first-order valence-corrected chi connectivity index (χ1v) is 7.93. The van der Waals surface area contributed by atoms with Crippen LogP contribution in [0.1, 0.15) is 49.6 Å². The van der Waals surface area contributed by atoms with E-state index in [9.17, 15) is 0 Å². The first-order chi connectivity index (χ1) is 9.72. The van der Waals surface area contributed by atoms with Gasteiger partial charge in [0.25, 0.3) is 0 Å². The summed E-state index contributed by atoms with van der Waals surface area (Å²) in [6.45, 7) is 10.3. The number of benzene rings is 1. The molecule has 1 unspecified atom stereocenters. The third-order valence-corrected chi connectivity index (χ3v) is 4.62. The summed E-state index contributed by atoms with van der Waals surface area (Å²) < 4.78 is 0. The first kappa shape index (κ1) is 13.6. The van der Waals surface area contributed by atoms with E-state index >= 15 is 0 Å². The van der Waals surface area contributed by atoms with Crippen molar-refractivity contribution in [2.45, 2.75) is 46.0 Å². The van der Waals surface area contributed by atoms with Crippen molar-refractivity contribution in [2.75, 3.05) is 19.6 Å². The third kappa shape index (κ3) is 2.35. The highest BCUT2D eigenvalue weighted by Gasteiger charge is 2.25. The second-order valence-corrected chi connectivity index (χ2v) is 6.01. The van der Waals surface area contributed by atoms with Crippen molar-refractivity contribution in [2.24, 2.45) is 0 Å². The lowest BCUT2D eigenvalue weighted by Crippen LogP contribution is -2.21. The zero-order valence-corrected chi connectivity index (χ0v) is 12.9. The number of aromatic nitrogens is 2. The molecule has 0 amide bonds. The minimum atomic E-state index is 0.582. The quantitative estimate of drug-likeness (QED) is 0.920. The van der Waals surface area contributed by atoms with Crippen LogP contribution in [0.4, 0.5) is 0 Å². The van der Waals surface area contributed by atoms with Crippen molar-refractivity contribution >= 4 is 11.0 Å². The van der Waals surface area contributed by atoms with Crippen molar-refractivity contribution in [3.8, 4) is 0 Å². The number of nitrogens with zero attached hydrogens (tertiary/aromatic N) is 2. The number of nitrogens with one attached hydrogen (secondary N) is 1. The standard InChI is InChI=1S/C17H25N3/c1-4-9-20-10-8-14(11-20)17-18-15-7-6-13(5-2)12(3)16(15)19-17/h6-7,14H,4-5,8-11H2,1-3H3,(H,18,19). The summed E-state index contributed by atoms with van der Waals surface area (Å²) >= 11 is 0. The highest BCUT2D eigenvalue weighted by molar-refractivity contribution is 5.80. The predicted octanol–water partition coefficient (Wildman–Crippen LogP) is 3.63. The minimum absolute atomic E-state index is 0.582. The zero-order chi connectivity index (χ0) is 14.1. The number of imidazole rings is 1. The number of fused-ring (bicyclic) bond motifs is 1. The number of aryl methyl sites for hydroxylation is 2. The van der Waals surface area contributed by atoms with E-state index in [-0.39, 0.29) is 0 Å². The molecular formula is C17H25N3. The van der Waals surface area contributed by atoms with E-state index in [1.54, 1.807) is 0 Å². The van der Waals surface area contributed by atoms with Crippen LogP contribution in [0.25, 0.3) is 11.0 Å². The van der Waals surface area contributed by atoms with E-state index in [2.05, 4.69) is 42.8 Å². The second-order valence-electron chi connectivity index (χ2n) is 6.01. The van der Waals surface area contributed by atoms with E-state index in [0.717, 1.165) is 13.0 Å². The average molecular weight is 271 g/mol. The summed E-state index contributed by atoms with van der Waals surface area (Å²) in [5.74, 6) is 1.77. The molecule has 0 saturated carbocycles. The molecule has 1 N–H and O–H groups in total. The molecule has 1 fully saturated rings. The molecule has 3 rings (SSSR count). The molecule has 2 heterocycles. The largest absolute Gasteiger partial charge is 0.342 e. The Bertz CT molecular complexity index is 600. The summed E-state index contributed by atoms with van der Waals surface area (Å²) in [6.07, 6.45) is 3.56. The number of likely N-dealkylation sites (tertiary alicyclic amines) is 1. The lowest BCUT2D eigenvalue weighted by Gasteiger charge is -2.13. The third-order valence-electron chi connectivity index (χ3n) is 4.62. The molecule has 2 aromatic rings. The maximum atomic E-state index is 4.92. The van der Waals surface area contributed by atoms with Gasteiger partial charge in [-0.25, -0.2) is 4.98 Å². The van der Waals surface area contributed by atoms with Crippen LogP contribution in [0.3, 0.4) is 0 Å². The van der Waals surface area contributed by atoms with Gasteiger partial charge >= 0.3 is 0 Å². The summed E-state index contributed by atoms with van der Waals surface area (Å²) in [5, 5.41) is 0. The molecule has 108 valence electrons. The topological polar surface area (TPSA) is 31.9 Å². The zero-order valence-electron chi connectivity index (χ0n) is 12.9. The molecule has 3 heteroatoms. The van der Waals surface area contributed by atoms with Gasteiger partial charge in [0.05, 0.1) is 11.0 Å². The highest BCUT2D eigenvalue weighted by atomic mass is 15.1. The van der Waals surface area contributed by atoms with Crippen LogP contribution in [0, 0.1) is 6.92 Å². The van der Waals surface area contributed by atoms with Crippen molar-refractivity contribution in [1.29, 1.82) is 0 Å². The van der Waals surface area contributed by atoms with Gasteiger partial charge in [0, 0.05) is 12.5 Å². The average Bonchev–Trinajstić information content (AvgIpc) is 3.06. The van der Waals surface area contributed by atoms with Gasteiger partial charge in [0.15, 0.2) is 0 Å². The molecular weight excluding hydrogens is 246 g/mol. The molecule has 3 nitrogen and oxygen atoms in total. The summed E-state index contributed by atoms with van der Waals surface area (Å²) in [5.41, 5.74) is 5.13. The monoisotopic (exact) mass is 271 g/mol. The Labute approximate surface area is 121 Å². The molecule has 20 heavy (non-hydrogen) atoms. The van der Waals surface area contributed by atoms with E-state index in [4.69, 9.17) is 4.98 Å². The van der Waals surface area contributed by atoms with E-state index in [0.29, 0.717) is 5.92 Å².